The molecule has 0 bridgehead atoms. The number of ether oxygens (including phenoxy) is 1. The highest BCUT2D eigenvalue weighted by Gasteiger charge is 2.13. The van der Waals surface area contributed by atoms with Crippen molar-refractivity contribution in [3.8, 4) is 5.75 Å². The smallest absolute Gasteiger partial charge is 0.279 e. The number of carbonyl (C=O) groups is 1. The lowest BCUT2D eigenvalue weighted by Crippen LogP contribution is -2.17. The molecule has 7 nitrogen and oxygen atoms in total. The van der Waals surface area contributed by atoms with Crippen molar-refractivity contribution in [1.29, 1.82) is 0 Å². The van der Waals surface area contributed by atoms with Gasteiger partial charge in [0, 0.05) is 12.1 Å². The zero-order valence-corrected chi connectivity index (χ0v) is 18.6. The van der Waals surface area contributed by atoms with E-state index in [1.165, 1.54) is 23.5 Å². The molecule has 0 aliphatic rings. The number of thiazole rings is 1. The average molecular weight is 448 g/mol. The molecule has 0 atom stereocenters. The summed E-state index contributed by atoms with van der Waals surface area (Å²) in [4.78, 5) is 17.6. The van der Waals surface area contributed by atoms with Gasteiger partial charge in [-0.2, -0.15) is 4.99 Å². The monoisotopic (exact) mass is 447 g/mol. The Balaban J connectivity index is 1.95. The molecular formula is C21H25N3O4S2. The number of carbonyl (C=O) groups excluding carboxylic acids is 1. The molecule has 0 radical (unpaired) electrons. The van der Waals surface area contributed by atoms with Crippen LogP contribution in [0.15, 0.2) is 52.4 Å². The van der Waals surface area contributed by atoms with Gasteiger partial charge in [0.25, 0.3) is 5.91 Å². The summed E-state index contributed by atoms with van der Waals surface area (Å²) in [5.41, 5.74) is 1.28. The number of aromatic nitrogens is 1. The number of fused-ring (bicyclic) bond motifs is 1. The van der Waals surface area contributed by atoms with Gasteiger partial charge in [-0.3, -0.25) is 4.79 Å². The second-order valence-electron chi connectivity index (χ2n) is 6.85. The van der Waals surface area contributed by atoms with Crippen molar-refractivity contribution in [1.82, 2.24) is 4.57 Å². The lowest BCUT2D eigenvalue weighted by Gasteiger charge is -2.05. The lowest BCUT2D eigenvalue weighted by molar-refractivity contribution is 0.0997. The van der Waals surface area contributed by atoms with E-state index in [4.69, 9.17) is 9.88 Å². The molecule has 3 aromatic rings. The lowest BCUT2D eigenvalue weighted by atomic mass is 10.2. The number of benzene rings is 2. The van der Waals surface area contributed by atoms with E-state index in [0.29, 0.717) is 28.2 Å². The van der Waals surface area contributed by atoms with Gasteiger partial charge in [0.1, 0.15) is 5.75 Å². The summed E-state index contributed by atoms with van der Waals surface area (Å²) in [6, 6.07) is 11.6. The molecule has 0 spiro atoms. The van der Waals surface area contributed by atoms with Crippen molar-refractivity contribution in [3.05, 3.63) is 52.8 Å². The number of aryl methyl sites for hydroxylation is 1. The number of rotatable bonds is 8. The predicted molar refractivity (Wildman–Crippen MR) is 118 cm³/mol. The van der Waals surface area contributed by atoms with E-state index in [2.05, 4.69) is 11.9 Å². The molecule has 0 saturated heterocycles. The van der Waals surface area contributed by atoms with Crippen LogP contribution in [0.1, 0.15) is 43.5 Å². The molecule has 1 heterocycles. The van der Waals surface area contributed by atoms with Gasteiger partial charge in [-0.1, -0.05) is 31.6 Å². The number of nitrogens with zero attached hydrogens (tertiary/aromatic N) is 2. The number of unbranched alkanes of at least 4 members (excludes halogenated alkanes) is 1. The molecule has 2 N–H and O–H groups in total. The number of nitrogens with two attached hydrogens (primary N) is 1. The number of hydrogen-bond acceptors (Lipinski definition) is 5. The zero-order chi connectivity index (χ0) is 21.7. The number of hydrogen-bond donors (Lipinski definition) is 1. The Hall–Kier alpha value is -2.49. The standard InChI is InChI=1S/C21H25N3O4S2/c1-3-5-13-28-16-8-6-15(7-9-16)20(25)23-21-24(12-4-2)18-11-10-17(30(22,26)27)14-19(18)29-21/h6-11,14H,3-5,12-13H2,1-2H3,(H2,22,26,27). The van der Waals surface area contributed by atoms with Gasteiger partial charge in [0.15, 0.2) is 4.80 Å². The highest BCUT2D eigenvalue weighted by Crippen LogP contribution is 2.22. The third kappa shape index (κ3) is 5.16. The van der Waals surface area contributed by atoms with E-state index in [1.54, 1.807) is 30.3 Å². The molecule has 30 heavy (non-hydrogen) atoms. The maximum Gasteiger partial charge on any atom is 0.279 e. The second-order valence-corrected chi connectivity index (χ2v) is 9.42. The molecule has 1 amide bonds. The van der Waals surface area contributed by atoms with E-state index in [0.717, 1.165) is 30.5 Å². The van der Waals surface area contributed by atoms with Crippen LogP contribution in [0.3, 0.4) is 0 Å². The van der Waals surface area contributed by atoms with Crippen LogP contribution in [0.25, 0.3) is 10.2 Å². The fourth-order valence-corrected chi connectivity index (χ4v) is 4.64. The normalized spacial score (nSPS) is 12.4. The summed E-state index contributed by atoms with van der Waals surface area (Å²) in [6.07, 6.45) is 2.88. The Kier molecular flexibility index (Phi) is 7.06. The van der Waals surface area contributed by atoms with E-state index >= 15 is 0 Å². The van der Waals surface area contributed by atoms with E-state index < -0.39 is 10.0 Å². The Morgan fingerprint density at radius 2 is 1.87 bits per heavy atom. The summed E-state index contributed by atoms with van der Waals surface area (Å²) in [7, 11) is -3.80. The van der Waals surface area contributed by atoms with Crippen molar-refractivity contribution >= 4 is 37.5 Å². The molecule has 0 unspecified atom stereocenters. The van der Waals surface area contributed by atoms with Crippen molar-refractivity contribution in [2.45, 2.75) is 44.6 Å². The Morgan fingerprint density at radius 1 is 1.13 bits per heavy atom. The molecule has 3 rings (SSSR count). The quantitative estimate of drug-likeness (QED) is 0.532. The van der Waals surface area contributed by atoms with Gasteiger partial charge < -0.3 is 9.30 Å². The van der Waals surface area contributed by atoms with Gasteiger partial charge in [-0.25, -0.2) is 13.6 Å². The molecule has 0 aliphatic heterocycles. The first-order valence-electron chi connectivity index (χ1n) is 9.81. The van der Waals surface area contributed by atoms with Crippen molar-refractivity contribution < 1.29 is 17.9 Å². The topological polar surface area (TPSA) is 104 Å². The molecule has 1 aromatic heterocycles. The first-order chi connectivity index (χ1) is 14.3. The summed E-state index contributed by atoms with van der Waals surface area (Å²) in [6.45, 7) is 5.43. The van der Waals surface area contributed by atoms with Crippen molar-refractivity contribution in [3.63, 3.8) is 0 Å². The summed E-state index contributed by atoms with van der Waals surface area (Å²) >= 11 is 1.26. The SMILES string of the molecule is CCCCOc1ccc(C(=O)N=c2sc3cc(S(N)(=O)=O)ccc3n2CCC)cc1. The van der Waals surface area contributed by atoms with Crippen LogP contribution in [-0.2, 0) is 16.6 Å². The van der Waals surface area contributed by atoms with Crippen LogP contribution in [0, 0.1) is 0 Å². The summed E-state index contributed by atoms with van der Waals surface area (Å²) < 4.78 is 31.6. The minimum atomic E-state index is -3.80. The minimum Gasteiger partial charge on any atom is -0.494 e. The van der Waals surface area contributed by atoms with Crippen LogP contribution >= 0.6 is 11.3 Å². The summed E-state index contributed by atoms with van der Waals surface area (Å²) in [5.74, 6) is 0.358. The number of amides is 1. The third-order valence-corrected chi connectivity index (χ3v) is 6.45. The van der Waals surface area contributed by atoms with Gasteiger partial charge in [0.2, 0.25) is 10.0 Å². The highest BCUT2D eigenvalue weighted by atomic mass is 32.2. The van der Waals surface area contributed by atoms with Crippen molar-refractivity contribution in [2.75, 3.05) is 6.61 Å². The second kappa shape index (κ2) is 9.55. The Labute approximate surface area is 179 Å². The largest absolute Gasteiger partial charge is 0.494 e. The Bertz CT molecular complexity index is 1210. The van der Waals surface area contributed by atoms with E-state index in [9.17, 15) is 13.2 Å². The number of sulfonamides is 1. The van der Waals surface area contributed by atoms with Crippen molar-refractivity contribution in [2.24, 2.45) is 10.1 Å². The van der Waals surface area contributed by atoms with Gasteiger partial charge in [0.05, 0.1) is 21.7 Å². The van der Waals surface area contributed by atoms with Crippen LogP contribution in [0.5, 0.6) is 5.75 Å². The fourth-order valence-electron chi connectivity index (χ4n) is 2.94. The van der Waals surface area contributed by atoms with Crippen LogP contribution in [0.2, 0.25) is 0 Å². The average Bonchev–Trinajstić information content (AvgIpc) is 3.05. The van der Waals surface area contributed by atoms with Crippen LogP contribution in [0.4, 0.5) is 0 Å². The first-order valence-corrected chi connectivity index (χ1v) is 12.2. The van der Waals surface area contributed by atoms with Gasteiger partial charge >= 0.3 is 0 Å². The van der Waals surface area contributed by atoms with E-state index in [-0.39, 0.29) is 10.8 Å². The molecule has 160 valence electrons. The molecule has 0 saturated carbocycles. The minimum absolute atomic E-state index is 0.0384. The van der Waals surface area contributed by atoms with Crippen LogP contribution < -0.4 is 14.7 Å². The molecular weight excluding hydrogens is 422 g/mol. The molecule has 2 aromatic carbocycles. The van der Waals surface area contributed by atoms with Crippen LogP contribution in [-0.4, -0.2) is 25.5 Å². The van der Waals surface area contributed by atoms with Gasteiger partial charge in [-0.05, 0) is 55.3 Å². The summed E-state index contributed by atoms with van der Waals surface area (Å²) in [5, 5.41) is 5.24. The maximum absolute atomic E-state index is 12.7. The maximum atomic E-state index is 12.7. The highest BCUT2D eigenvalue weighted by molar-refractivity contribution is 7.89. The zero-order valence-electron chi connectivity index (χ0n) is 17.0. The fraction of sp³-hybridized carbons (Fsp3) is 0.333. The third-order valence-electron chi connectivity index (χ3n) is 4.50. The van der Waals surface area contributed by atoms with E-state index in [1.807, 2.05) is 11.5 Å². The first kappa shape index (κ1) is 22.2. The molecule has 9 heteroatoms. The number of primary sulfonamides is 1. The predicted octanol–water partition coefficient (Wildman–Crippen LogP) is 3.68. The Morgan fingerprint density at radius 3 is 2.50 bits per heavy atom. The molecule has 0 fully saturated rings. The molecule has 0 aliphatic carbocycles. The van der Waals surface area contributed by atoms with Gasteiger partial charge in [-0.15, -0.1) is 0 Å².